The van der Waals surface area contributed by atoms with Gasteiger partial charge in [0, 0.05) is 39.8 Å². The lowest BCUT2D eigenvalue weighted by atomic mass is 9.85. The summed E-state index contributed by atoms with van der Waals surface area (Å²) in [7, 11) is 0. The number of nitrogens with zero attached hydrogens (tertiary/aromatic N) is 1. The largest absolute Gasteiger partial charge is 0.460 e. The van der Waals surface area contributed by atoms with Crippen LogP contribution in [0.2, 0.25) is 0 Å². The molecular weight excluding hydrogens is 394 g/mol. The van der Waals surface area contributed by atoms with Crippen molar-refractivity contribution in [2.45, 2.75) is 71.8 Å². The molecule has 0 saturated carbocycles. The SMILES string of the molecule is CC(=O)OC1CCN2CC=C(COC(=O)C(OC(C)=O)(C(C)C)C(C)OC(C)=O)C12. The van der Waals surface area contributed by atoms with Crippen molar-refractivity contribution in [2.24, 2.45) is 5.92 Å². The van der Waals surface area contributed by atoms with E-state index in [-0.39, 0.29) is 24.7 Å². The number of fused-ring (bicyclic) bond motifs is 1. The first-order valence-corrected chi connectivity index (χ1v) is 10.1. The second-order valence-electron chi connectivity index (χ2n) is 8.02. The van der Waals surface area contributed by atoms with Gasteiger partial charge in [-0.2, -0.15) is 0 Å². The highest BCUT2D eigenvalue weighted by atomic mass is 16.6. The molecule has 2 heterocycles. The van der Waals surface area contributed by atoms with Crippen LogP contribution in [-0.2, 0) is 38.1 Å². The van der Waals surface area contributed by atoms with Gasteiger partial charge in [-0.05, 0) is 18.9 Å². The predicted molar refractivity (Wildman–Crippen MR) is 105 cm³/mol. The number of esters is 4. The molecule has 30 heavy (non-hydrogen) atoms. The van der Waals surface area contributed by atoms with E-state index >= 15 is 0 Å². The summed E-state index contributed by atoms with van der Waals surface area (Å²) in [4.78, 5) is 50.0. The van der Waals surface area contributed by atoms with E-state index in [4.69, 9.17) is 18.9 Å². The first kappa shape index (κ1) is 23.9. The summed E-state index contributed by atoms with van der Waals surface area (Å²) in [5.74, 6) is -2.94. The summed E-state index contributed by atoms with van der Waals surface area (Å²) in [5, 5.41) is 0. The second-order valence-corrected chi connectivity index (χ2v) is 8.02. The van der Waals surface area contributed by atoms with Gasteiger partial charge in [-0.1, -0.05) is 19.9 Å². The van der Waals surface area contributed by atoms with Crippen molar-refractivity contribution in [3.8, 4) is 0 Å². The molecule has 0 bridgehead atoms. The van der Waals surface area contributed by atoms with E-state index < -0.39 is 35.5 Å². The van der Waals surface area contributed by atoms with Crippen molar-refractivity contribution in [3.05, 3.63) is 11.6 Å². The van der Waals surface area contributed by atoms with Crippen molar-refractivity contribution < 1.29 is 38.1 Å². The molecule has 1 fully saturated rings. The molecule has 168 valence electrons. The van der Waals surface area contributed by atoms with Crippen molar-refractivity contribution in [2.75, 3.05) is 19.7 Å². The smallest absolute Gasteiger partial charge is 0.355 e. The van der Waals surface area contributed by atoms with Gasteiger partial charge >= 0.3 is 23.9 Å². The van der Waals surface area contributed by atoms with Crippen molar-refractivity contribution in [1.29, 1.82) is 0 Å². The normalized spacial score (nSPS) is 23.8. The third kappa shape index (κ3) is 5.00. The molecule has 0 N–H and O–H groups in total. The van der Waals surface area contributed by atoms with E-state index in [0.29, 0.717) is 13.0 Å². The van der Waals surface area contributed by atoms with Gasteiger partial charge in [0.1, 0.15) is 18.8 Å². The minimum absolute atomic E-state index is 0.0414. The van der Waals surface area contributed by atoms with Crippen LogP contribution in [0.4, 0.5) is 0 Å². The van der Waals surface area contributed by atoms with E-state index in [2.05, 4.69) is 4.90 Å². The maximum Gasteiger partial charge on any atom is 0.355 e. The lowest BCUT2D eigenvalue weighted by Gasteiger charge is -2.38. The minimum atomic E-state index is -1.78. The van der Waals surface area contributed by atoms with E-state index in [0.717, 1.165) is 12.1 Å². The molecule has 0 aliphatic carbocycles. The van der Waals surface area contributed by atoms with Gasteiger partial charge < -0.3 is 18.9 Å². The van der Waals surface area contributed by atoms with Crippen LogP contribution >= 0.6 is 0 Å². The fourth-order valence-electron chi connectivity index (χ4n) is 4.29. The van der Waals surface area contributed by atoms with Crippen LogP contribution in [0.25, 0.3) is 0 Å². The Bertz CT molecular complexity index is 731. The maximum atomic E-state index is 13.2. The number of ether oxygens (including phenoxy) is 4. The highest BCUT2D eigenvalue weighted by molar-refractivity contribution is 5.84. The summed E-state index contributed by atoms with van der Waals surface area (Å²) in [6, 6.07) is -0.144. The summed E-state index contributed by atoms with van der Waals surface area (Å²) in [6.45, 7) is 10.1. The Morgan fingerprint density at radius 3 is 2.30 bits per heavy atom. The third-order valence-corrected chi connectivity index (χ3v) is 5.54. The summed E-state index contributed by atoms with van der Waals surface area (Å²) in [6.07, 6.45) is 1.33. The molecule has 4 atom stereocenters. The third-order valence-electron chi connectivity index (χ3n) is 5.54. The zero-order chi connectivity index (χ0) is 22.6. The number of hydrogen-bond donors (Lipinski definition) is 0. The Morgan fingerprint density at radius 2 is 1.77 bits per heavy atom. The van der Waals surface area contributed by atoms with Crippen LogP contribution in [-0.4, -0.2) is 72.3 Å². The van der Waals surface area contributed by atoms with Gasteiger partial charge in [0.25, 0.3) is 0 Å². The lowest BCUT2D eigenvalue weighted by molar-refractivity contribution is -0.207. The summed E-state index contributed by atoms with van der Waals surface area (Å²) in [5.41, 5.74) is -0.950. The maximum absolute atomic E-state index is 13.2. The predicted octanol–water partition coefficient (Wildman–Crippen LogP) is 1.39. The fraction of sp³-hybridized carbons (Fsp3) is 0.714. The van der Waals surface area contributed by atoms with E-state index in [1.807, 2.05) is 6.08 Å². The standard InChI is InChI=1S/C21H31NO8/c1-12(2)21(30-16(6)25,13(3)28-14(4)23)20(26)27-11-17-7-9-22-10-8-18(19(17)22)29-15(5)24/h7,12-13,18-19H,8-11H2,1-6H3. The molecule has 9 heteroatoms. The van der Waals surface area contributed by atoms with Gasteiger partial charge in [0.2, 0.25) is 5.60 Å². The Morgan fingerprint density at radius 1 is 1.10 bits per heavy atom. The number of rotatable bonds is 8. The summed E-state index contributed by atoms with van der Waals surface area (Å²) >= 11 is 0. The van der Waals surface area contributed by atoms with Crippen LogP contribution in [0.3, 0.4) is 0 Å². The molecule has 2 rings (SSSR count). The van der Waals surface area contributed by atoms with Crippen molar-refractivity contribution in [3.63, 3.8) is 0 Å². The molecule has 4 unspecified atom stereocenters. The Hall–Kier alpha value is -2.42. The highest BCUT2D eigenvalue weighted by Crippen LogP contribution is 2.34. The van der Waals surface area contributed by atoms with Gasteiger partial charge in [-0.25, -0.2) is 4.79 Å². The number of carbonyl (C=O) groups is 4. The first-order valence-electron chi connectivity index (χ1n) is 10.1. The van der Waals surface area contributed by atoms with Crippen LogP contribution in [0.5, 0.6) is 0 Å². The molecule has 1 saturated heterocycles. The van der Waals surface area contributed by atoms with Crippen LogP contribution < -0.4 is 0 Å². The quantitative estimate of drug-likeness (QED) is 0.324. The van der Waals surface area contributed by atoms with E-state index in [1.54, 1.807) is 13.8 Å². The second kappa shape index (κ2) is 9.59. The van der Waals surface area contributed by atoms with Crippen LogP contribution in [0.15, 0.2) is 11.6 Å². The van der Waals surface area contributed by atoms with Crippen molar-refractivity contribution in [1.82, 2.24) is 4.90 Å². The van der Waals surface area contributed by atoms with Gasteiger partial charge in [0.05, 0.1) is 6.04 Å². The number of carbonyl (C=O) groups excluding carboxylic acids is 4. The molecule has 9 nitrogen and oxygen atoms in total. The van der Waals surface area contributed by atoms with Gasteiger partial charge in [0.15, 0.2) is 0 Å². The topological polar surface area (TPSA) is 108 Å². The minimum Gasteiger partial charge on any atom is -0.460 e. The molecule has 0 amide bonds. The first-order chi connectivity index (χ1) is 14.0. The van der Waals surface area contributed by atoms with Crippen LogP contribution in [0, 0.1) is 5.92 Å². The Balaban J connectivity index is 2.18. The zero-order valence-corrected chi connectivity index (χ0v) is 18.4. The average molecular weight is 425 g/mol. The van der Waals surface area contributed by atoms with Crippen molar-refractivity contribution >= 4 is 23.9 Å². The Labute approximate surface area is 176 Å². The molecule has 2 aliphatic heterocycles. The fourth-order valence-corrected chi connectivity index (χ4v) is 4.29. The molecule has 0 spiro atoms. The van der Waals surface area contributed by atoms with Gasteiger partial charge in [-0.15, -0.1) is 0 Å². The van der Waals surface area contributed by atoms with Gasteiger partial charge in [-0.3, -0.25) is 19.3 Å². The molecule has 0 aromatic heterocycles. The average Bonchev–Trinajstić information content (AvgIpc) is 3.19. The van der Waals surface area contributed by atoms with Crippen LogP contribution in [0.1, 0.15) is 48.0 Å². The monoisotopic (exact) mass is 425 g/mol. The molecule has 2 aliphatic rings. The number of hydrogen-bond acceptors (Lipinski definition) is 9. The molecule has 0 radical (unpaired) electrons. The Kier molecular flexibility index (Phi) is 7.63. The van der Waals surface area contributed by atoms with E-state index in [9.17, 15) is 19.2 Å². The molecular formula is C21H31NO8. The molecule has 0 aromatic carbocycles. The zero-order valence-electron chi connectivity index (χ0n) is 18.4. The molecule has 0 aromatic rings. The highest BCUT2D eigenvalue weighted by Gasteiger charge is 2.54. The van der Waals surface area contributed by atoms with E-state index in [1.165, 1.54) is 27.7 Å². The summed E-state index contributed by atoms with van der Waals surface area (Å²) < 4.78 is 21.6. The lowest BCUT2D eigenvalue weighted by Crippen LogP contribution is -2.57.